The molecule has 3 N–H and O–H groups in total. The predicted molar refractivity (Wildman–Crippen MR) is 60.7 cm³/mol. The third-order valence-corrected chi connectivity index (χ3v) is 2.08. The highest BCUT2D eigenvalue weighted by atomic mass is 35.5. The van der Waals surface area contributed by atoms with E-state index >= 15 is 0 Å². The van der Waals surface area contributed by atoms with Crippen molar-refractivity contribution in [3.05, 3.63) is 48.0 Å². The maximum atomic E-state index is 5.94. The number of nitrogens with zero attached hydrogens (tertiary/aromatic N) is 2. The zero-order valence-corrected chi connectivity index (χ0v) is 8.95. The topological polar surface area (TPSA) is 67.6 Å². The molecule has 0 saturated carbocycles. The van der Waals surface area contributed by atoms with Crippen molar-refractivity contribution >= 4 is 12.4 Å². The molecule has 2 aromatic rings. The van der Waals surface area contributed by atoms with Crippen LogP contribution < -0.4 is 5.73 Å². The number of halogens is 1. The Morgan fingerprint density at radius 2 is 2.00 bits per heavy atom. The van der Waals surface area contributed by atoms with Crippen LogP contribution in [0.25, 0.3) is 0 Å². The van der Waals surface area contributed by atoms with Crippen LogP contribution in [0.15, 0.2) is 36.7 Å². The maximum absolute atomic E-state index is 5.94. The summed E-state index contributed by atoms with van der Waals surface area (Å²) < 4.78 is 0. The van der Waals surface area contributed by atoms with Crippen LogP contribution in [0.5, 0.6) is 0 Å². The number of aromatic amines is 1. The van der Waals surface area contributed by atoms with Crippen molar-refractivity contribution in [2.24, 2.45) is 5.73 Å². The quantitative estimate of drug-likeness (QED) is 0.830. The monoisotopic (exact) mass is 224 g/mol. The summed E-state index contributed by atoms with van der Waals surface area (Å²) in [6.07, 6.45) is 2.25. The number of nitrogens with two attached hydrogens (primary N) is 1. The van der Waals surface area contributed by atoms with Gasteiger partial charge in [-0.15, -0.1) is 12.4 Å². The molecule has 4 nitrogen and oxygen atoms in total. The second kappa shape index (κ2) is 5.48. The second-order valence-electron chi connectivity index (χ2n) is 3.17. The van der Waals surface area contributed by atoms with Crippen molar-refractivity contribution in [3.8, 4) is 0 Å². The Kier molecular flexibility index (Phi) is 4.27. The lowest BCUT2D eigenvalue weighted by atomic mass is 10.1. The minimum atomic E-state index is -0.111. The van der Waals surface area contributed by atoms with E-state index in [9.17, 15) is 0 Å². The molecule has 0 fully saturated rings. The van der Waals surface area contributed by atoms with E-state index in [1.807, 2.05) is 18.2 Å². The Morgan fingerprint density at radius 1 is 1.27 bits per heavy atom. The third kappa shape index (κ3) is 3.04. The summed E-state index contributed by atoms with van der Waals surface area (Å²) in [6, 6.07) is 9.99. The summed E-state index contributed by atoms with van der Waals surface area (Å²) in [6.45, 7) is 0. The number of H-pyrrole nitrogens is 1. The van der Waals surface area contributed by atoms with Crippen molar-refractivity contribution < 1.29 is 0 Å². The summed E-state index contributed by atoms with van der Waals surface area (Å²) >= 11 is 0. The number of benzene rings is 1. The van der Waals surface area contributed by atoms with Crippen LogP contribution in [0.4, 0.5) is 0 Å². The first kappa shape index (κ1) is 11.7. The molecule has 2 rings (SSSR count). The van der Waals surface area contributed by atoms with E-state index in [1.54, 1.807) is 0 Å². The van der Waals surface area contributed by atoms with Gasteiger partial charge in [0, 0.05) is 0 Å². The number of nitrogens with one attached hydrogen (secondary N) is 1. The summed E-state index contributed by atoms with van der Waals surface area (Å²) in [7, 11) is 0. The lowest BCUT2D eigenvalue weighted by molar-refractivity contribution is 0.671. The first-order chi connectivity index (χ1) is 6.86. The third-order valence-electron chi connectivity index (χ3n) is 2.08. The van der Waals surface area contributed by atoms with Gasteiger partial charge >= 0.3 is 0 Å². The van der Waals surface area contributed by atoms with E-state index in [-0.39, 0.29) is 18.4 Å². The largest absolute Gasteiger partial charge is 0.321 e. The van der Waals surface area contributed by atoms with Crippen LogP contribution in [0.1, 0.15) is 17.4 Å². The van der Waals surface area contributed by atoms with Crippen molar-refractivity contribution in [2.45, 2.75) is 12.5 Å². The molecule has 0 aliphatic rings. The highest BCUT2D eigenvalue weighted by Crippen LogP contribution is 2.10. The molecule has 0 saturated heterocycles. The number of hydrogen-bond acceptors (Lipinski definition) is 3. The molecule has 15 heavy (non-hydrogen) atoms. The van der Waals surface area contributed by atoms with Gasteiger partial charge in [-0.2, -0.15) is 5.10 Å². The standard InChI is InChI=1S/C10H12N4.ClH/c11-9(10-12-7-13-14-10)6-8-4-2-1-3-5-8;/h1-5,7,9H,6,11H2,(H,12,13,14);1H. The average molecular weight is 225 g/mol. The van der Waals surface area contributed by atoms with E-state index in [0.717, 1.165) is 12.2 Å². The molecular weight excluding hydrogens is 212 g/mol. The van der Waals surface area contributed by atoms with Crippen LogP contribution >= 0.6 is 12.4 Å². The minimum absolute atomic E-state index is 0. The molecule has 0 aliphatic carbocycles. The van der Waals surface area contributed by atoms with Crippen LogP contribution in [0.3, 0.4) is 0 Å². The summed E-state index contributed by atoms with van der Waals surface area (Å²) in [5.41, 5.74) is 7.14. The molecule has 0 bridgehead atoms. The van der Waals surface area contributed by atoms with E-state index in [4.69, 9.17) is 5.73 Å². The lowest BCUT2D eigenvalue weighted by Crippen LogP contribution is -2.14. The smallest absolute Gasteiger partial charge is 0.141 e. The van der Waals surface area contributed by atoms with Crippen molar-refractivity contribution in [3.63, 3.8) is 0 Å². The molecule has 5 heteroatoms. The van der Waals surface area contributed by atoms with E-state index in [1.165, 1.54) is 11.9 Å². The van der Waals surface area contributed by atoms with Gasteiger partial charge in [0.05, 0.1) is 6.04 Å². The van der Waals surface area contributed by atoms with Crippen LogP contribution in [0, 0.1) is 0 Å². The second-order valence-corrected chi connectivity index (χ2v) is 3.17. The first-order valence-electron chi connectivity index (χ1n) is 4.51. The Bertz CT molecular complexity index is 374. The van der Waals surface area contributed by atoms with Crippen molar-refractivity contribution in [2.75, 3.05) is 0 Å². The summed E-state index contributed by atoms with van der Waals surface area (Å²) in [4.78, 5) is 4.02. The molecule has 1 heterocycles. The van der Waals surface area contributed by atoms with Gasteiger partial charge in [-0.05, 0) is 12.0 Å². The fraction of sp³-hybridized carbons (Fsp3) is 0.200. The normalized spacial score (nSPS) is 11.8. The molecule has 0 spiro atoms. The van der Waals surface area contributed by atoms with Gasteiger partial charge in [0.1, 0.15) is 12.2 Å². The van der Waals surface area contributed by atoms with Gasteiger partial charge in [-0.25, -0.2) is 4.98 Å². The van der Waals surface area contributed by atoms with Crippen molar-refractivity contribution in [1.29, 1.82) is 0 Å². The molecule has 1 unspecified atom stereocenters. The number of rotatable bonds is 3. The van der Waals surface area contributed by atoms with Gasteiger partial charge in [0.15, 0.2) is 0 Å². The Morgan fingerprint density at radius 3 is 2.60 bits per heavy atom. The molecule has 1 aromatic heterocycles. The van der Waals surface area contributed by atoms with Gasteiger partial charge < -0.3 is 5.73 Å². The average Bonchev–Trinajstić information content (AvgIpc) is 2.72. The fourth-order valence-corrected chi connectivity index (χ4v) is 1.36. The molecule has 0 radical (unpaired) electrons. The van der Waals surface area contributed by atoms with Crippen LogP contribution in [-0.4, -0.2) is 15.2 Å². The number of aromatic nitrogens is 3. The zero-order chi connectivity index (χ0) is 9.80. The molecule has 1 aromatic carbocycles. The molecular formula is C10H13ClN4. The minimum Gasteiger partial charge on any atom is -0.321 e. The Labute approximate surface area is 94.3 Å². The highest BCUT2D eigenvalue weighted by molar-refractivity contribution is 5.85. The molecule has 80 valence electrons. The van der Waals surface area contributed by atoms with Gasteiger partial charge in [0.2, 0.25) is 0 Å². The SMILES string of the molecule is Cl.NC(Cc1ccccc1)c1ncn[nH]1. The van der Waals surface area contributed by atoms with E-state index in [0.29, 0.717) is 0 Å². The molecule has 0 amide bonds. The summed E-state index contributed by atoms with van der Waals surface area (Å²) in [5, 5.41) is 6.54. The van der Waals surface area contributed by atoms with Gasteiger partial charge in [-0.1, -0.05) is 30.3 Å². The molecule has 0 aliphatic heterocycles. The first-order valence-corrected chi connectivity index (χ1v) is 4.51. The maximum Gasteiger partial charge on any atom is 0.141 e. The van der Waals surface area contributed by atoms with E-state index < -0.39 is 0 Å². The van der Waals surface area contributed by atoms with E-state index in [2.05, 4.69) is 27.3 Å². The van der Waals surface area contributed by atoms with Crippen molar-refractivity contribution in [1.82, 2.24) is 15.2 Å². The van der Waals surface area contributed by atoms with Gasteiger partial charge in [0.25, 0.3) is 0 Å². The number of hydrogen-bond donors (Lipinski definition) is 2. The lowest BCUT2D eigenvalue weighted by Gasteiger charge is -2.07. The Hall–Kier alpha value is -1.39. The fourth-order valence-electron chi connectivity index (χ4n) is 1.36. The predicted octanol–water partition coefficient (Wildman–Crippen LogP) is 1.47. The van der Waals surface area contributed by atoms with Gasteiger partial charge in [-0.3, -0.25) is 5.10 Å². The highest BCUT2D eigenvalue weighted by Gasteiger charge is 2.08. The molecule has 1 atom stereocenters. The summed E-state index contributed by atoms with van der Waals surface area (Å²) in [5.74, 6) is 0.730. The zero-order valence-electron chi connectivity index (χ0n) is 8.13. The van der Waals surface area contributed by atoms with Crippen LogP contribution in [0.2, 0.25) is 0 Å². The van der Waals surface area contributed by atoms with Crippen LogP contribution in [-0.2, 0) is 6.42 Å². The Balaban J connectivity index is 0.00000112.